The molecule has 1 saturated heterocycles. The molecule has 1 amide bonds. The quantitative estimate of drug-likeness (QED) is 0.778. The molecule has 1 aliphatic rings. The number of pyridine rings is 1. The summed E-state index contributed by atoms with van der Waals surface area (Å²) in [5.74, 6) is -2.71. The summed E-state index contributed by atoms with van der Waals surface area (Å²) < 4.78 is 65.6. The van der Waals surface area contributed by atoms with Crippen LogP contribution in [0.4, 0.5) is 27.8 Å². The predicted octanol–water partition coefficient (Wildman–Crippen LogP) is 3.23. The maximum atomic E-state index is 13.3. The van der Waals surface area contributed by atoms with Crippen LogP contribution in [0.2, 0.25) is 0 Å². The second-order valence-electron chi connectivity index (χ2n) is 5.86. The van der Waals surface area contributed by atoms with Crippen LogP contribution in [0.25, 0.3) is 0 Å². The number of carbonyl (C=O) groups excluding carboxylic acids is 1. The lowest BCUT2D eigenvalue weighted by atomic mass is 10.1. The molecule has 9 heteroatoms. The summed E-state index contributed by atoms with van der Waals surface area (Å²) in [6, 6.07) is 5.43. The van der Waals surface area contributed by atoms with Crippen molar-refractivity contribution in [3.8, 4) is 0 Å². The van der Waals surface area contributed by atoms with Crippen LogP contribution in [-0.4, -0.2) is 35.4 Å². The smallest absolute Gasteiger partial charge is 0.345 e. The molecule has 0 bridgehead atoms. The van der Waals surface area contributed by atoms with E-state index < -0.39 is 29.3 Å². The first-order chi connectivity index (χ1) is 12.3. The van der Waals surface area contributed by atoms with E-state index in [9.17, 15) is 26.7 Å². The Kier molecular flexibility index (Phi) is 4.80. The van der Waals surface area contributed by atoms with Crippen LogP contribution in [0.3, 0.4) is 0 Å². The standard InChI is InChI=1S/C17H14F5N3O/c18-13-4-3-11(8-14(13)19)9-24-6-7-25(10-15(24)26)16-12(17(20,21)22)2-1-5-23-16/h1-5,8H,6-7,9-10H2. The van der Waals surface area contributed by atoms with E-state index in [1.54, 1.807) is 0 Å². The maximum Gasteiger partial charge on any atom is 0.419 e. The highest BCUT2D eigenvalue weighted by Gasteiger charge is 2.37. The van der Waals surface area contributed by atoms with Crippen molar-refractivity contribution >= 4 is 11.7 Å². The fourth-order valence-electron chi connectivity index (χ4n) is 2.79. The van der Waals surface area contributed by atoms with Gasteiger partial charge in [0.15, 0.2) is 11.6 Å². The van der Waals surface area contributed by atoms with Crippen molar-refractivity contribution in [2.75, 3.05) is 24.5 Å². The van der Waals surface area contributed by atoms with E-state index in [4.69, 9.17) is 0 Å². The summed E-state index contributed by atoms with van der Waals surface area (Å²) in [6.45, 7) is 0.0726. The van der Waals surface area contributed by atoms with Gasteiger partial charge in [-0.25, -0.2) is 13.8 Å². The lowest BCUT2D eigenvalue weighted by Crippen LogP contribution is -2.50. The van der Waals surface area contributed by atoms with Gasteiger partial charge < -0.3 is 9.80 Å². The first-order valence-corrected chi connectivity index (χ1v) is 7.74. The van der Waals surface area contributed by atoms with E-state index >= 15 is 0 Å². The molecule has 1 aliphatic heterocycles. The molecule has 3 rings (SSSR count). The molecule has 0 saturated carbocycles. The van der Waals surface area contributed by atoms with E-state index in [-0.39, 0.29) is 32.0 Å². The summed E-state index contributed by atoms with van der Waals surface area (Å²) in [5, 5.41) is 0. The number of amides is 1. The van der Waals surface area contributed by atoms with Crippen molar-refractivity contribution < 1.29 is 26.7 Å². The topological polar surface area (TPSA) is 36.4 Å². The molecule has 2 heterocycles. The summed E-state index contributed by atoms with van der Waals surface area (Å²) in [7, 11) is 0. The number of rotatable bonds is 3. The van der Waals surface area contributed by atoms with Crippen molar-refractivity contribution in [3.05, 3.63) is 59.3 Å². The Morgan fingerprint density at radius 2 is 1.85 bits per heavy atom. The third kappa shape index (κ3) is 3.76. The molecule has 0 N–H and O–H groups in total. The zero-order chi connectivity index (χ0) is 18.9. The van der Waals surface area contributed by atoms with Gasteiger partial charge in [0.2, 0.25) is 5.91 Å². The van der Waals surface area contributed by atoms with E-state index in [0.29, 0.717) is 5.56 Å². The van der Waals surface area contributed by atoms with Crippen LogP contribution in [0.15, 0.2) is 36.5 Å². The second-order valence-corrected chi connectivity index (χ2v) is 5.86. The lowest BCUT2D eigenvalue weighted by molar-refractivity contribution is -0.138. The molecule has 0 aliphatic carbocycles. The van der Waals surface area contributed by atoms with Gasteiger partial charge in [-0.1, -0.05) is 6.07 Å². The van der Waals surface area contributed by atoms with Gasteiger partial charge in [-0.15, -0.1) is 0 Å². The van der Waals surface area contributed by atoms with E-state index in [2.05, 4.69) is 4.98 Å². The number of hydrogen-bond acceptors (Lipinski definition) is 3. The van der Waals surface area contributed by atoms with Gasteiger partial charge in [-0.3, -0.25) is 4.79 Å². The van der Waals surface area contributed by atoms with Crippen LogP contribution < -0.4 is 4.90 Å². The number of alkyl halides is 3. The van der Waals surface area contributed by atoms with Gasteiger partial charge in [0, 0.05) is 25.8 Å². The summed E-state index contributed by atoms with van der Waals surface area (Å²) >= 11 is 0. The molecule has 1 fully saturated rings. The van der Waals surface area contributed by atoms with Crippen molar-refractivity contribution in [1.29, 1.82) is 0 Å². The summed E-state index contributed by atoms with van der Waals surface area (Å²) in [5.41, 5.74) is -0.499. The van der Waals surface area contributed by atoms with Gasteiger partial charge in [-0.2, -0.15) is 13.2 Å². The van der Waals surface area contributed by atoms with Gasteiger partial charge in [0.1, 0.15) is 5.82 Å². The number of piperazine rings is 1. The highest BCUT2D eigenvalue weighted by molar-refractivity contribution is 5.82. The van der Waals surface area contributed by atoms with E-state index in [0.717, 1.165) is 18.2 Å². The Bertz CT molecular complexity index is 824. The molecule has 4 nitrogen and oxygen atoms in total. The monoisotopic (exact) mass is 371 g/mol. The fraction of sp³-hybridized carbons (Fsp3) is 0.294. The average Bonchev–Trinajstić information content (AvgIpc) is 2.59. The van der Waals surface area contributed by atoms with Crippen molar-refractivity contribution in [1.82, 2.24) is 9.88 Å². The minimum Gasteiger partial charge on any atom is -0.345 e. The zero-order valence-corrected chi connectivity index (χ0v) is 13.4. The summed E-state index contributed by atoms with van der Waals surface area (Å²) in [4.78, 5) is 18.7. The summed E-state index contributed by atoms with van der Waals surface area (Å²) in [6.07, 6.45) is -3.34. The molecular weight excluding hydrogens is 357 g/mol. The number of anilines is 1. The Balaban J connectivity index is 1.73. The van der Waals surface area contributed by atoms with E-state index in [1.807, 2.05) is 0 Å². The molecule has 0 radical (unpaired) electrons. The highest BCUT2D eigenvalue weighted by atomic mass is 19.4. The Hall–Kier alpha value is -2.71. The molecule has 138 valence electrons. The number of nitrogens with zero attached hydrogens (tertiary/aromatic N) is 3. The highest BCUT2D eigenvalue weighted by Crippen LogP contribution is 2.35. The first-order valence-electron chi connectivity index (χ1n) is 7.74. The molecule has 26 heavy (non-hydrogen) atoms. The van der Waals surface area contributed by atoms with Crippen LogP contribution in [0.1, 0.15) is 11.1 Å². The Labute approximate surface area is 145 Å². The molecule has 2 aromatic rings. The van der Waals surface area contributed by atoms with Gasteiger partial charge in [0.05, 0.1) is 12.1 Å². The lowest BCUT2D eigenvalue weighted by Gasteiger charge is -2.36. The molecular formula is C17H14F5N3O. The Morgan fingerprint density at radius 3 is 2.50 bits per heavy atom. The zero-order valence-electron chi connectivity index (χ0n) is 13.4. The third-order valence-electron chi connectivity index (χ3n) is 4.07. The van der Waals surface area contributed by atoms with Crippen molar-refractivity contribution in [2.45, 2.75) is 12.7 Å². The Morgan fingerprint density at radius 1 is 1.08 bits per heavy atom. The minimum atomic E-state index is -4.57. The van der Waals surface area contributed by atoms with Crippen molar-refractivity contribution in [2.24, 2.45) is 0 Å². The number of benzene rings is 1. The fourth-order valence-corrected chi connectivity index (χ4v) is 2.79. The number of carbonyl (C=O) groups is 1. The van der Waals surface area contributed by atoms with Gasteiger partial charge in [0.25, 0.3) is 0 Å². The number of halogens is 5. The van der Waals surface area contributed by atoms with Gasteiger partial charge >= 0.3 is 6.18 Å². The largest absolute Gasteiger partial charge is 0.419 e. The number of aromatic nitrogens is 1. The van der Waals surface area contributed by atoms with Crippen LogP contribution >= 0.6 is 0 Å². The second kappa shape index (κ2) is 6.89. The minimum absolute atomic E-state index is 0.0538. The first kappa shape index (κ1) is 18.1. The van der Waals surface area contributed by atoms with Crippen LogP contribution in [-0.2, 0) is 17.5 Å². The average molecular weight is 371 g/mol. The van der Waals surface area contributed by atoms with E-state index in [1.165, 1.54) is 28.1 Å². The SMILES string of the molecule is O=C1CN(c2ncccc2C(F)(F)F)CCN1Cc1ccc(F)c(F)c1. The molecule has 0 spiro atoms. The van der Waals surface area contributed by atoms with Crippen LogP contribution in [0, 0.1) is 11.6 Å². The number of hydrogen-bond donors (Lipinski definition) is 0. The van der Waals surface area contributed by atoms with Gasteiger partial charge in [-0.05, 0) is 29.8 Å². The molecule has 0 atom stereocenters. The molecule has 1 aromatic carbocycles. The van der Waals surface area contributed by atoms with Crippen LogP contribution in [0.5, 0.6) is 0 Å². The molecule has 1 aromatic heterocycles. The maximum absolute atomic E-state index is 13.3. The van der Waals surface area contributed by atoms with Crippen molar-refractivity contribution in [3.63, 3.8) is 0 Å². The molecule has 0 unspecified atom stereocenters. The normalized spacial score (nSPS) is 15.5. The predicted molar refractivity (Wildman–Crippen MR) is 83.2 cm³/mol. The third-order valence-corrected chi connectivity index (χ3v) is 4.07.